The largest absolute Gasteiger partial charge is 0.500 e. The number of benzene rings is 2. The molecule has 0 bridgehead atoms. The summed E-state index contributed by atoms with van der Waals surface area (Å²) >= 11 is 6.25. The van der Waals surface area contributed by atoms with Gasteiger partial charge < -0.3 is 14.4 Å². The van der Waals surface area contributed by atoms with Crippen LogP contribution < -0.4 is 4.74 Å². The standard InChI is InChI=1S/C19H16ClN3O5/c1-3-11-4-6-13(7-5-11)18-21-19(28-22-18)14(20)8-12-9-15(23(25)26)17(24)16(10-12)27-2/h4-10,24H,3H2,1-2H3/b14-8-. The van der Waals surface area contributed by atoms with Crippen LogP contribution in [0.3, 0.4) is 0 Å². The summed E-state index contributed by atoms with van der Waals surface area (Å²) in [6.45, 7) is 2.06. The number of aromatic nitrogens is 2. The zero-order chi connectivity index (χ0) is 20.3. The van der Waals surface area contributed by atoms with E-state index in [1.165, 1.54) is 30.9 Å². The number of nitro benzene ring substituents is 1. The second-order valence-corrected chi connectivity index (χ2v) is 6.22. The Kier molecular flexibility index (Phi) is 5.60. The molecule has 1 heterocycles. The SMILES string of the molecule is CCc1ccc(-c2noc(/C(Cl)=C/c3cc(OC)c(O)c([N+](=O)[O-])c3)n2)cc1. The fraction of sp³-hybridized carbons (Fsp3) is 0.158. The molecule has 0 unspecified atom stereocenters. The molecule has 3 rings (SSSR count). The predicted octanol–water partition coefficient (Wildman–Crippen LogP) is 4.66. The maximum Gasteiger partial charge on any atom is 0.315 e. The van der Waals surface area contributed by atoms with Gasteiger partial charge in [0, 0.05) is 11.6 Å². The fourth-order valence-electron chi connectivity index (χ4n) is 2.53. The van der Waals surface area contributed by atoms with Gasteiger partial charge in [-0.1, -0.05) is 47.9 Å². The van der Waals surface area contributed by atoms with Crippen molar-refractivity contribution in [3.05, 3.63) is 63.5 Å². The number of hydrogen-bond donors (Lipinski definition) is 1. The van der Waals surface area contributed by atoms with Crippen LogP contribution in [0.4, 0.5) is 5.69 Å². The first kappa shape index (κ1) is 19.4. The van der Waals surface area contributed by atoms with Crippen LogP contribution in [0.2, 0.25) is 0 Å². The average molecular weight is 402 g/mol. The average Bonchev–Trinajstić information content (AvgIpc) is 3.19. The van der Waals surface area contributed by atoms with Crippen LogP contribution in [-0.2, 0) is 6.42 Å². The molecule has 0 amide bonds. The molecular formula is C19H16ClN3O5. The number of rotatable bonds is 6. The molecule has 0 saturated carbocycles. The molecule has 0 saturated heterocycles. The third kappa shape index (κ3) is 3.96. The van der Waals surface area contributed by atoms with Crippen LogP contribution in [0, 0.1) is 10.1 Å². The van der Waals surface area contributed by atoms with E-state index in [2.05, 4.69) is 17.1 Å². The monoisotopic (exact) mass is 401 g/mol. The highest BCUT2D eigenvalue weighted by Crippen LogP contribution is 2.38. The van der Waals surface area contributed by atoms with E-state index >= 15 is 0 Å². The molecule has 1 N–H and O–H groups in total. The smallest absolute Gasteiger partial charge is 0.315 e. The van der Waals surface area contributed by atoms with Crippen molar-refractivity contribution in [3.63, 3.8) is 0 Å². The number of hydrogen-bond acceptors (Lipinski definition) is 7. The molecule has 144 valence electrons. The molecule has 0 aliphatic rings. The van der Waals surface area contributed by atoms with Crippen molar-refractivity contribution in [1.82, 2.24) is 10.1 Å². The zero-order valence-corrected chi connectivity index (χ0v) is 15.8. The Morgan fingerprint density at radius 2 is 2.07 bits per heavy atom. The lowest BCUT2D eigenvalue weighted by atomic mass is 10.1. The van der Waals surface area contributed by atoms with Crippen LogP contribution >= 0.6 is 11.6 Å². The van der Waals surface area contributed by atoms with Gasteiger partial charge in [0.1, 0.15) is 5.03 Å². The van der Waals surface area contributed by atoms with E-state index in [9.17, 15) is 15.2 Å². The normalized spacial score (nSPS) is 11.5. The first-order valence-electron chi connectivity index (χ1n) is 8.29. The summed E-state index contributed by atoms with van der Waals surface area (Å²) in [5.74, 6) is -0.173. The van der Waals surface area contributed by atoms with Gasteiger partial charge in [0.05, 0.1) is 12.0 Å². The number of ether oxygens (including phenoxy) is 1. The van der Waals surface area contributed by atoms with Gasteiger partial charge in [0.2, 0.25) is 11.6 Å². The lowest BCUT2D eigenvalue weighted by molar-refractivity contribution is -0.386. The number of phenolic OH excluding ortho intramolecular Hbond substituents is 1. The number of aryl methyl sites for hydroxylation is 1. The summed E-state index contributed by atoms with van der Waals surface area (Å²) < 4.78 is 10.2. The van der Waals surface area contributed by atoms with Crippen molar-refractivity contribution >= 4 is 28.4 Å². The number of methoxy groups -OCH3 is 1. The summed E-state index contributed by atoms with van der Waals surface area (Å²) in [4.78, 5) is 14.6. The van der Waals surface area contributed by atoms with Gasteiger partial charge in [-0.15, -0.1) is 0 Å². The highest BCUT2D eigenvalue weighted by atomic mass is 35.5. The Morgan fingerprint density at radius 1 is 1.36 bits per heavy atom. The lowest BCUT2D eigenvalue weighted by Crippen LogP contribution is -1.93. The van der Waals surface area contributed by atoms with Gasteiger partial charge >= 0.3 is 5.69 Å². The first-order valence-corrected chi connectivity index (χ1v) is 8.66. The van der Waals surface area contributed by atoms with Crippen LogP contribution in [0.15, 0.2) is 40.9 Å². The van der Waals surface area contributed by atoms with E-state index in [1.807, 2.05) is 24.3 Å². The Hall–Kier alpha value is -3.39. The number of aromatic hydroxyl groups is 1. The Morgan fingerprint density at radius 3 is 2.68 bits per heavy atom. The molecule has 9 heteroatoms. The zero-order valence-electron chi connectivity index (χ0n) is 15.0. The van der Waals surface area contributed by atoms with Gasteiger partial charge in [-0.05, 0) is 29.7 Å². The first-order chi connectivity index (χ1) is 13.4. The molecule has 8 nitrogen and oxygen atoms in total. The molecule has 0 atom stereocenters. The lowest BCUT2D eigenvalue weighted by Gasteiger charge is -2.05. The molecule has 0 fully saturated rings. The van der Waals surface area contributed by atoms with E-state index in [0.717, 1.165) is 12.0 Å². The summed E-state index contributed by atoms with van der Waals surface area (Å²) in [6.07, 6.45) is 2.34. The van der Waals surface area contributed by atoms with Crippen LogP contribution in [0.1, 0.15) is 23.9 Å². The summed E-state index contributed by atoms with van der Waals surface area (Å²) in [7, 11) is 1.29. The highest BCUT2D eigenvalue weighted by molar-refractivity contribution is 6.50. The summed E-state index contributed by atoms with van der Waals surface area (Å²) in [5.41, 5.74) is 1.79. The third-order valence-electron chi connectivity index (χ3n) is 4.04. The Labute approximate surface area is 165 Å². The van der Waals surface area contributed by atoms with Gasteiger partial charge in [0.25, 0.3) is 5.89 Å². The van der Waals surface area contributed by atoms with Gasteiger partial charge in [-0.25, -0.2) is 0 Å². The molecule has 0 aliphatic carbocycles. The number of nitrogens with zero attached hydrogens (tertiary/aromatic N) is 3. The van der Waals surface area contributed by atoms with Crippen molar-refractivity contribution in [1.29, 1.82) is 0 Å². The van der Waals surface area contributed by atoms with E-state index in [-0.39, 0.29) is 16.7 Å². The minimum absolute atomic E-state index is 0.0489. The third-order valence-corrected chi connectivity index (χ3v) is 4.31. The van der Waals surface area contributed by atoms with Crippen molar-refractivity contribution in [2.24, 2.45) is 0 Å². The molecular weight excluding hydrogens is 386 g/mol. The number of nitro groups is 1. The molecule has 1 aromatic heterocycles. The fourth-order valence-corrected chi connectivity index (χ4v) is 2.73. The molecule has 0 spiro atoms. The van der Waals surface area contributed by atoms with Crippen molar-refractivity contribution in [3.8, 4) is 22.9 Å². The minimum atomic E-state index is -0.714. The molecule has 2 aromatic carbocycles. The topological polar surface area (TPSA) is 112 Å². The Balaban J connectivity index is 1.93. The second kappa shape index (κ2) is 8.10. The summed E-state index contributed by atoms with van der Waals surface area (Å²) in [5, 5.41) is 24.9. The van der Waals surface area contributed by atoms with Gasteiger partial charge in [0.15, 0.2) is 5.75 Å². The van der Waals surface area contributed by atoms with Crippen LogP contribution in [0.5, 0.6) is 11.5 Å². The number of halogens is 1. The van der Waals surface area contributed by atoms with E-state index in [4.69, 9.17) is 20.9 Å². The molecule has 0 radical (unpaired) electrons. The number of phenols is 1. The van der Waals surface area contributed by atoms with E-state index in [1.54, 1.807) is 0 Å². The maximum absolute atomic E-state index is 11.1. The van der Waals surface area contributed by atoms with Gasteiger partial charge in [-0.3, -0.25) is 10.1 Å². The molecule has 28 heavy (non-hydrogen) atoms. The summed E-state index contributed by atoms with van der Waals surface area (Å²) in [6, 6.07) is 10.3. The van der Waals surface area contributed by atoms with Crippen LogP contribution in [0.25, 0.3) is 22.5 Å². The van der Waals surface area contributed by atoms with Crippen molar-refractivity contribution < 1.29 is 19.3 Å². The van der Waals surface area contributed by atoms with E-state index in [0.29, 0.717) is 11.4 Å². The minimum Gasteiger partial charge on any atom is -0.500 e. The quantitative estimate of drug-likeness (QED) is 0.472. The van der Waals surface area contributed by atoms with Crippen molar-refractivity contribution in [2.45, 2.75) is 13.3 Å². The molecule has 0 aliphatic heterocycles. The molecule has 3 aromatic rings. The Bertz CT molecular complexity index is 1040. The second-order valence-electron chi connectivity index (χ2n) is 5.81. The predicted molar refractivity (Wildman–Crippen MR) is 104 cm³/mol. The van der Waals surface area contributed by atoms with Crippen molar-refractivity contribution in [2.75, 3.05) is 7.11 Å². The van der Waals surface area contributed by atoms with Gasteiger partial charge in [-0.2, -0.15) is 4.98 Å². The maximum atomic E-state index is 11.1. The highest BCUT2D eigenvalue weighted by Gasteiger charge is 2.20. The van der Waals surface area contributed by atoms with E-state index < -0.39 is 16.4 Å². The van der Waals surface area contributed by atoms with Crippen LogP contribution in [-0.4, -0.2) is 27.3 Å².